The lowest BCUT2D eigenvalue weighted by Gasteiger charge is -2.16. The number of amides is 1. The Bertz CT molecular complexity index is 966. The fourth-order valence-electron chi connectivity index (χ4n) is 2.78. The van der Waals surface area contributed by atoms with Crippen LogP contribution in [0.5, 0.6) is 0 Å². The maximum atomic E-state index is 12.7. The summed E-state index contributed by atoms with van der Waals surface area (Å²) < 4.78 is 1.90. The average Bonchev–Trinajstić information content (AvgIpc) is 2.98. The average molecular weight is 401 g/mol. The fourth-order valence-corrected chi connectivity index (χ4v) is 3.88. The van der Waals surface area contributed by atoms with E-state index in [1.54, 1.807) is 0 Å². The van der Waals surface area contributed by atoms with Crippen LogP contribution in [0.4, 0.5) is 5.69 Å². The molecular formula is C20H21ClN4OS. The molecule has 0 saturated carbocycles. The second kappa shape index (κ2) is 8.15. The van der Waals surface area contributed by atoms with Gasteiger partial charge in [-0.2, -0.15) is 0 Å². The van der Waals surface area contributed by atoms with Crippen molar-refractivity contribution in [3.63, 3.8) is 0 Å². The zero-order valence-corrected chi connectivity index (χ0v) is 17.2. The summed E-state index contributed by atoms with van der Waals surface area (Å²) in [6, 6.07) is 13.4. The van der Waals surface area contributed by atoms with Crippen molar-refractivity contribution in [2.75, 3.05) is 5.32 Å². The van der Waals surface area contributed by atoms with Crippen LogP contribution in [0, 0.1) is 20.8 Å². The standard InChI is InChI=1S/C20H21ClN4OS/c1-12-7-5-8-13(2)18(12)22-19(26)14(3)27-20-24-23-15(4)25(20)17-10-6-9-16(21)11-17/h5-11,14H,1-4H3,(H,22,26)/t14-/m1/s1. The topological polar surface area (TPSA) is 59.8 Å². The molecule has 0 spiro atoms. The highest BCUT2D eigenvalue weighted by Crippen LogP contribution is 2.28. The predicted molar refractivity (Wildman–Crippen MR) is 111 cm³/mol. The number of carbonyl (C=O) groups is 1. The number of anilines is 1. The molecule has 7 heteroatoms. The Kier molecular flexibility index (Phi) is 5.87. The summed E-state index contributed by atoms with van der Waals surface area (Å²) >= 11 is 7.48. The van der Waals surface area contributed by atoms with Crippen LogP contribution in [0.2, 0.25) is 5.02 Å². The van der Waals surface area contributed by atoms with Gasteiger partial charge >= 0.3 is 0 Å². The van der Waals surface area contributed by atoms with E-state index >= 15 is 0 Å². The zero-order valence-electron chi connectivity index (χ0n) is 15.7. The smallest absolute Gasteiger partial charge is 0.237 e. The third-order valence-electron chi connectivity index (χ3n) is 4.24. The van der Waals surface area contributed by atoms with E-state index in [0.29, 0.717) is 10.2 Å². The predicted octanol–water partition coefficient (Wildman–Crippen LogP) is 4.97. The molecule has 0 saturated heterocycles. The first-order valence-electron chi connectivity index (χ1n) is 8.58. The van der Waals surface area contributed by atoms with E-state index in [0.717, 1.165) is 28.3 Å². The van der Waals surface area contributed by atoms with Crippen LogP contribution < -0.4 is 5.32 Å². The Labute approximate surface area is 168 Å². The van der Waals surface area contributed by atoms with Crippen LogP contribution in [0.3, 0.4) is 0 Å². The third-order valence-corrected chi connectivity index (χ3v) is 5.52. The largest absolute Gasteiger partial charge is 0.325 e. The van der Waals surface area contributed by atoms with Crippen molar-refractivity contribution in [2.24, 2.45) is 0 Å². The van der Waals surface area contributed by atoms with Crippen molar-refractivity contribution in [1.82, 2.24) is 14.8 Å². The number of rotatable bonds is 5. The Balaban J connectivity index is 1.81. The first-order chi connectivity index (χ1) is 12.9. The van der Waals surface area contributed by atoms with Crippen molar-refractivity contribution in [3.8, 4) is 5.69 Å². The van der Waals surface area contributed by atoms with E-state index in [2.05, 4.69) is 15.5 Å². The number of thioether (sulfide) groups is 1. The van der Waals surface area contributed by atoms with E-state index < -0.39 is 0 Å². The lowest BCUT2D eigenvalue weighted by Crippen LogP contribution is -2.23. The van der Waals surface area contributed by atoms with E-state index in [1.807, 2.05) is 74.7 Å². The third kappa shape index (κ3) is 4.34. The molecule has 0 radical (unpaired) electrons. The number of aryl methyl sites for hydroxylation is 3. The second-order valence-corrected chi connectivity index (χ2v) is 8.11. The van der Waals surface area contributed by atoms with Crippen LogP contribution in [0.15, 0.2) is 47.6 Å². The van der Waals surface area contributed by atoms with Gasteiger partial charge in [0.25, 0.3) is 0 Å². The van der Waals surface area contributed by atoms with Gasteiger partial charge in [0.2, 0.25) is 5.91 Å². The van der Waals surface area contributed by atoms with Gasteiger partial charge in [0, 0.05) is 10.7 Å². The van der Waals surface area contributed by atoms with Gasteiger partial charge < -0.3 is 5.32 Å². The molecule has 1 N–H and O–H groups in total. The van der Waals surface area contributed by atoms with Gasteiger partial charge in [-0.3, -0.25) is 9.36 Å². The highest BCUT2D eigenvalue weighted by Gasteiger charge is 2.21. The molecule has 1 atom stereocenters. The number of carbonyl (C=O) groups excluding carboxylic acids is 1. The molecule has 1 aromatic heterocycles. The normalized spacial score (nSPS) is 12.0. The van der Waals surface area contributed by atoms with Gasteiger partial charge in [0.15, 0.2) is 5.16 Å². The van der Waals surface area contributed by atoms with Crippen LogP contribution in [-0.4, -0.2) is 25.9 Å². The molecule has 0 aliphatic heterocycles. The minimum absolute atomic E-state index is 0.0734. The molecule has 5 nitrogen and oxygen atoms in total. The molecule has 0 aliphatic carbocycles. The highest BCUT2D eigenvalue weighted by molar-refractivity contribution is 8.00. The molecule has 2 aromatic carbocycles. The molecule has 27 heavy (non-hydrogen) atoms. The molecule has 0 bridgehead atoms. The summed E-state index contributed by atoms with van der Waals surface area (Å²) in [6.07, 6.45) is 0. The van der Waals surface area contributed by atoms with Gasteiger partial charge in [0.1, 0.15) is 5.82 Å². The molecule has 1 heterocycles. The molecule has 140 valence electrons. The van der Waals surface area contributed by atoms with Crippen LogP contribution in [-0.2, 0) is 4.79 Å². The lowest BCUT2D eigenvalue weighted by molar-refractivity contribution is -0.115. The van der Waals surface area contributed by atoms with Crippen molar-refractivity contribution < 1.29 is 4.79 Å². The number of hydrogen-bond donors (Lipinski definition) is 1. The summed E-state index contributed by atoms with van der Waals surface area (Å²) in [4.78, 5) is 12.7. The Morgan fingerprint density at radius 3 is 2.44 bits per heavy atom. The molecule has 3 rings (SSSR count). The first kappa shape index (κ1) is 19.5. The number of nitrogens with one attached hydrogen (secondary N) is 1. The Morgan fingerprint density at radius 2 is 1.78 bits per heavy atom. The van der Waals surface area contributed by atoms with E-state index in [4.69, 9.17) is 11.6 Å². The molecule has 0 fully saturated rings. The van der Waals surface area contributed by atoms with E-state index in [-0.39, 0.29) is 11.2 Å². The number of para-hydroxylation sites is 1. The minimum Gasteiger partial charge on any atom is -0.325 e. The summed E-state index contributed by atoms with van der Waals surface area (Å²) in [6.45, 7) is 7.71. The number of hydrogen-bond acceptors (Lipinski definition) is 4. The molecule has 0 aliphatic rings. The highest BCUT2D eigenvalue weighted by atomic mass is 35.5. The van der Waals surface area contributed by atoms with Crippen LogP contribution in [0.25, 0.3) is 5.69 Å². The van der Waals surface area contributed by atoms with Crippen LogP contribution >= 0.6 is 23.4 Å². The maximum absolute atomic E-state index is 12.7. The van der Waals surface area contributed by atoms with Gasteiger partial charge in [-0.15, -0.1) is 10.2 Å². The monoisotopic (exact) mass is 400 g/mol. The van der Waals surface area contributed by atoms with Gasteiger partial charge in [-0.1, -0.05) is 47.6 Å². The number of aromatic nitrogens is 3. The van der Waals surface area contributed by atoms with Crippen molar-refractivity contribution >= 4 is 35.0 Å². The summed E-state index contributed by atoms with van der Waals surface area (Å²) in [5.41, 5.74) is 3.81. The number of nitrogens with zero attached hydrogens (tertiary/aromatic N) is 3. The molecular weight excluding hydrogens is 380 g/mol. The Morgan fingerprint density at radius 1 is 1.11 bits per heavy atom. The quantitative estimate of drug-likeness (QED) is 0.614. The van der Waals surface area contributed by atoms with Gasteiger partial charge in [-0.05, 0) is 57.0 Å². The summed E-state index contributed by atoms with van der Waals surface area (Å²) in [7, 11) is 0. The van der Waals surface area contributed by atoms with Crippen LogP contribution in [0.1, 0.15) is 23.9 Å². The summed E-state index contributed by atoms with van der Waals surface area (Å²) in [5, 5.41) is 12.4. The maximum Gasteiger partial charge on any atom is 0.237 e. The SMILES string of the molecule is Cc1cccc(C)c1NC(=O)[C@@H](C)Sc1nnc(C)n1-c1cccc(Cl)c1. The molecule has 3 aromatic rings. The van der Waals surface area contributed by atoms with E-state index in [1.165, 1.54) is 11.8 Å². The fraction of sp³-hybridized carbons (Fsp3) is 0.250. The molecule has 1 amide bonds. The summed E-state index contributed by atoms with van der Waals surface area (Å²) in [5.74, 6) is 0.665. The first-order valence-corrected chi connectivity index (χ1v) is 9.84. The minimum atomic E-state index is -0.342. The zero-order chi connectivity index (χ0) is 19.6. The van der Waals surface area contributed by atoms with Crippen molar-refractivity contribution in [2.45, 2.75) is 38.1 Å². The number of halogens is 1. The van der Waals surface area contributed by atoms with Gasteiger partial charge in [-0.25, -0.2) is 0 Å². The Hall–Kier alpha value is -2.31. The van der Waals surface area contributed by atoms with Crippen molar-refractivity contribution in [3.05, 3.63) is 64.4 Å². The van der Waals surface area contributed by atoms with E-state index in [9.17, 15) is 4.79 Å². The van der Waals surface area contributed by atoms with Gasteiger partial charge in [0.05, 0.1) is 10.9 Å². The second-order valence-electron chi connectivity index (χ2n) is 6.36. The lowest BCUT2D eigenvalue weighted by atomic mass is 10.1. The van der Waals surface area contributed by atoms with Crippen molar-refractivity contribution in [1.29, 1.82) is 0 Å². The number of benzene rings is 2. The molecule has 0 unspecified atom stereocenters.